The molecule has 0 aliphatic carbocycles. The minimum absolute atomic E-state index is 0.171. The molecule has 128 valence electrons. The van der Waals surface area contributed by atoms with Crippen molar-refractivity contribution in [2.75, 3.05) is 37.0 Å². The smallest absolute Gasteiger partial charge is 0.134 e. The standard InChI is InChI=1S/C18H24N4O2/c1-24-16-6-4-14(5-7-16)8-9-19-17-11-18(21-13-20-17)22-10-2-3-15(22)12-23/h4-7,11,13,15,23H,2-3,8-10,12H2,1H3,(H,19,20,21)/t15-/m0/s1. The van der Waals surface area contributed by atoms with E-state index < -0.39 is 0 Å². The maximum atomic E-state index is 9.46. The van der Waals surface area contributed by atoms with Gasteiger partial charge in [0.1, 0.15) is 23.7 Å². The fourth-order valence-electron chi connectivity index (χ4n) is 3.06. The molecule has 1 fully saturated rings. The van der Waals surface area contributed by atoms with Gasteiger partial charge in [-0.05, 0) is 37.0 Å². The maximum absolute atomic E-state index is 9.46. The molecule has 0 radical (unpaired) electrons. The first kappa shape index (κ1) is 16.5. The Morgan fingerprint density at radius 1 is 1.29 bits per heavy atom. The molecule has 24 heavy (non-hydrogen) atoms. The highest BCUT2D eigenvalue weighted by Gasteiger charge is 2.25. The Kier molecular flexibility index (Phi) is 5.48. The van der Waals surface area contributed by atoms with E-state index >= 15 is 0 Å². The lowest BCUT2D eigenvalue weighted by molar-refractivity contribution is 0.266. The fourth-order valence-corrected chi connectivity index (χ4v) is 3.06. The van der Waals surface area contributed by atoms with Gasteiger partial charge in [0, 0.05) is 19.2 Å². The molecule has 1 aromatic carbocycles. The fraction of sp³-hybridized carbons (Fsp3) is 0.444. The highest BCUT2D eigenvalue weighted by atomic mass is 16.5. The summed E-state index contributed by atoms with van der Waals surface area (Å²) < 4.78 is 5.17. The zero-order chi connectivity index (χ0) is 16.8. The Morgan fingerprint density at radius 2 is 2.12 bits per heavy atom. The van der Waals surface area contributed by atoms with Crippen molar-refractivity contribution in [3.8, 4) is 5.75 Å². The monoisotopic (exact) mass is 328 g/mol. The molecule has 0 amide bonds. The third kappa shape index (κ3) is 3.94. The van der Waals surface area contributed by atoms with Crippen LogP contribution in [0, 0.1) is 0 Å². The van der Waals surface area contributed by atoms with Gasteiger partial charge in [-0.15, -0.1) is 0 Å². The number of aliphatic hydroxyl groups is 1. The average molecular weight is 328 g/mol. The van der Waals surface area contributed by atoms with Crippen molar-refractivity contribution in [3.05, 3.63) is 42.2 Å². The molecule has 3 rings (SSSR count). The first-order valence-electron chi connectivity index (χ1n) is 8.36. The van der Waals surface area contributed by atoms with Crippen LogP contribution >= 0.6 is 0 Å². The molecule has 0 unspecified atom stereocenters. The van der Waals surface area contributed by atoms with Crippen LogP contribution < -0.4 is 15.0 Å². The van der Waals surface area contributed by atoms with Crippen molar-refractivity contribution < 1.29 is 9.84 Å². The first-order valence-corrected chi connectivity index (χ1v) is 8.36. The van der Waals surface area contributed by atoms with Gasteiger partial charge in [-0.2, -0.15) is 0 Å². The van der Waals surface area contributed by atoms with E-state index in [9.17, 15) is 5.11 Å². The summed E-state index contributed by atoms with van der Waals surface area (Å²) in [4.78, 5) is 10.8. The molecular formula is C18H24N4O2. The minimum atomic E-state index is 0.171. The lowest BCUT2D eigenvalue weighted by Gasteiger charge is -2.24. The molecule has 1 aromatic heterocycles. The summed E-state index contributed by atoms with van der Waals surface area (Å²) in [5, 5.41) is 12.8. The van der Waals surface area contributed by atoms with Crippen LogP contribution in [0.2, 0.25) is 0 Å². The Labute approximate surface area is 142 Å². The van der Waals surface area contributed by atoms with E-state index in [0.717, 1.165) is 49.7 Å². The van der Waals surface area contributed by atoms with Crippen LogP contribution in [0.5, 0.6) is 5.75 Å². The van der Waals surface area contributed by atoms with E-state index in [-0.39, 0.29) is 12.6 Å². The average Bonchev–Trinajstić information content (AvgIpc) is 3.11. The normalized spacial score (nSPS) is 17.1. The van der Waals surface area contributed by atoms with Crippen molar-refractivity contribution in [1.82, 2.24) is 9.97 Å². The van der Waals surface area contributed by atoms with Crippen molar-refractivity contribution in [2.45, 2.75) is 25.3 Å². The molecule has 1 atom stereocenters. The summed E-state index contributed by atoms with van der Waals surface area (Å²) in [6.45, 7) is 1.91. The molecule has 1 aliphatic rings. The van der Waals surface area contributed by atoms with Crippen LogP contribution in [0.15, 0.2) is 36.7 Å². The molecule has 6 nitrogen and oxygen atoms in total. The highest BCUT2D eigenvalue weighted by Crippen LogP contribution is 2.24. The summed E-state index contributed by atoms with van der Waals surface area (Å²) in [5.41, 5.74) is 1.25. The predicted molar refractivity (Wildman–Crippen MR) is 94.7 cm³/mol. The van der Waals surface area contributed by atoms with Crippen LogP contribution in [-0.2, 0) is 6.42 Å². The zero-order valence-corrected chi connectivity index (χ0v) is 14.0. The largest absolute Gasteiger partial charge is 0.497 e. The second-order valence-corrected chi connectivity index (χ2v) is 5.96. The number of anilines is 2. The van der Waals surface area contributed by atoms with Crippen molar-refractivity contribution in [1.29, 1.82) is 0 Å². The maximum Gasteiger partial charge on any atom is 0.134 e. The minimum Gasteiger partial charge on any atom is -0.497 e. The number of nitrogens with zero attached hydrogens (tertiary/aromatic N) is 3. The SMILES string of the molecule is COc1ccc(CCNc2cc(N3CCC[C@H]3CO)ncn2)cc1. The number of hydrogen-bond acceptors (Lipinski definition) is 6. The van der Waals surface area contributed by atoms with E-state index in [1.165, 1.54) is 5.56 Å². The van der Waals surface area contributed by atoms with Gasteiger partial charge in [-0.1, -0.05) is 12.1 Å². The molecule has 1 aliphatic heterocycles. The van der Waals surface area contributed by atoms with Crippen LogP contribution in [0.25, 0.3) is 0 Å². The number of nitrogens with one attached hydrogen (secondary N) is 1. The lowest BCUT2D eigenvalue weighted by atomic mass is 10.1. The van der Waals surface area contributed by atoms with Gasteiger partial charge < -0.3 is 20.1 Å². The second kappa shape index (κ2) is 7.97. The Bertz CT molecular complexity index is 648. The number of hydrogen-bond donors (Lipinski definition) is 2. The molecule has 1 saturated heterocycles. The lowest BCUT2D eigenvalue weighted by Crippen LogP contribution is -2.32. The second-order valence-electron chi connectivity index (χ2n) is 5.96. The molecule has 6 heteroatoms. The predicted octanol–water partition coefficient (Wildman–Crippen LogP) is 2.10. The van der Waals surface area contributed by atoms with E-state index in [1.807, 2.05) is 18.2 Å². The third-order valence-corrected chi connectivity index (χ3v) is 4.41. The third-order valence-electron chi connectivity index (χ3n) is 4.41. The van der Waals surface area contributed by atoms with Gasteiger partial charge in [0.05, 0.1) is 19.8 Å². The first-order chi connectivity index (χ1) is 11.8. The number of aliphatic hydroxyl groups excluding tert-OH is 1. The van der Waals surface area contributed by atoms with Gasteiger partial charge in [0.15, 0.2) is 0 Å². The van der Waals surface area contributed by atoms with E-state index in [1.54, 1.807) is 13.4 Å². The molecule has 0 saturated carbocycles. The summed E-state index contributed by atoms with van der Waals surface area (Å²) in [5.74, 6) is 2.57. The Morgan fingerprint density at radius 3 is 2.88 bits per heavy atom. The van der Waals surface area contributed by atoms with Gasteiger partial charge >= 0.3 is 0 Å². The quantitative estimate of drug-likeness (QED) is 0.811. The van der Waals surface area contributed by atoms with Crippen LogP contribution in [-0.4, -0.2) is 47.9 Å². The summed E-state index contributed by atoms with van der Waals surface area (Å²) in [6, 6.07) is 10.2. The van der Waals surface area contributed by atoms with Crippen molar-refractivity contribution in [2.24, 2.45) is 0 Å². The zero-order valence-electron chi connectivity index (χ0n) is 14.0. The summed E-state index contributed by atoms with van der Waals surface area (Å²) in [7, 11) is 1.67. The molecule has 0 bridgehead atoms. The molecule has 0 spiro atoms. The number of rotatable bonds is 7. The molecule has 2 heterocycles. The van der Waals surface area contributed by atoms with Crippen LogP contribution in [0.3, 0.4) is 0 Å². The summed E-state index contributed by atoms with van der Waals surface area (Å²) in [6.07, 6.45) is 4.60. The van der Waals surface area contributed by atoms with E-state index in [0.29, 0.717) is 0 Å². The molecular weight excluding hydrogens is 304 g/mol. The number of aromatic nitrogens is 2. The highest BCUT2D eigenvalue weighted by molar-refractivity contribution is 5.50. The number of ether oxygens (including phenoxy) is 1. The van der Waals surface area contributed by atoms with Crippen molar-refractivity contribution in [3.63, 3.8) is 0 Å². The van der Waals surface area contributed by atoms with E-state index in [4.69, 9.17) is 4.74 Å². The van der Waals surface area contributed by atoms with Gasteiger partial charge in [-0.3, -0.25) is 0 Å². The molecule has 2 aromatic rings. The van der Waals surface area contributed by atoms with Crippen LogP contribution in [0.4, 0.5) is 11.6 Å². The number of methoxy groups -OCH3 is 1. The Balaban J connectivity index is 1.56. The Hall–Kier alpha value is -2.34. The molecule has 2 N–H and O–H groups in total. The van der Waals surface area contributed by atoms with E-state index in [2.05, 4.69) is 32.3 Å². The van der Waals surface area contributed by atoms with Gasteiger partial charge in [0.2, 0.25) is 0 Å². The van der Waals surface area contributed by atoms with Gasteiger partial charge in [0.25, 0.3) is 0 Å². The van der Waals surface area contributed by atoms with Crippen LogP contribution in [0.1, 0.15) is 18.4 Å². The van der Waals surface area contributed by atoms with Gasteiger partial charge in [-0.25, -0.2) is 9.97 Å². The summed E-state index contributed by atoms with van der Waals surface area (Å²) >= 11 is 0. The van der Waals surface area contributed by atoms with Crippen molar-refractivity contribution >= 4 is 11.6 Å². The number of benzene rings is 1. The topological polar surface area (TPSA) is 70.5 Å².